The quantitative estimate of drug-likeness (QED) is 0.776. The standard InChI is InChI=1S/C15H19Cl2NO/c1-10-4-3-7-18(11(10)2)9-15(19)13-6-5-12(16)8-14(13)17/h5-6,8,10-11H,3-4,7,9H2,1-2H3. The van der Waals surface area contributed by atoms with Crippen LogP contribution in [-0.4, -0.2) is 29.8 Å². The lowest BCUT2D eigenvalue weighted by Crippen LogP contribution is -2.44. The van der Waals surface area contributed by atoms with Crippen molar-refractivity contribution in [3.05, 3.63) is 33.8 Å². The zero-order valence-electron chi connectivity index (χ0n) is 11.3. The molecular formula is C15H19Cl2NO. The molecule has 0 aliphatic carbocycles. The molecule has 0 aromatic heterocycles. The Morgan fingerprint density at radius 2 is 2.11 bits per heavy atom. The normalized spacial score (nSPS) is 24.4. The first-order chi connectivity index (χ1) is 8.99. The molecule has 1 aliphatic heterocycles. The van der Waals surface area contributed by atoms with Crippen molar-refractivity contribution in [3.63, 3.8) is 0 Å². The number of benzene rings is 1. The van der Waals surface area contributed by atoms with Gasteiger partial charge in [-0.25, -0.2) is 0 Å². The van der Waals surface area contributed by atoms with Crippen LogP contribution in [0.4, 0.5) is 0 Å². The van der Waals surface area contributed by atoms with Crippen LogP contribution >= 0.6 is 23.2 Å². The first-order valence-electron chi connectivity index (χ1n) is 6.71. The Morgan fingerprint density at radius 1 is 1.37 bits per heavy atom. The predicted molar refractivity (Wildman–Crippen MR) is 80.2 cm³/mol. The lowest BCUT2D eigenvalue weighted by Gasteiger charge is -2.37. The fourth-order valence-electron chi connectivity index (χ4n) is 2.63. The minimum Gasteiger partial charge on any atom is -0.293 e. The number of hydrogen-bond donors (Lipinski definition) is 0. The summed E-state index contributed by atoms with van der Waals surface area (Å²) in [6.07, 6.45) is 2.40. The molecular weight excluding hydrogens is 281 g/mol. The number of ketones is 1. The Labute approximate surface area is 124 Å². The van der Waals surface area contributed by atoms with Gasteiger partial charge in [-0.2, -0.15) is 0 Å². The number of Topliss-reactive ketones (excluding diaryl/α,β-unsaturated/α-hetero) is 1. The van der Waals surface area contributed by atoms with Crippen molar-refractivity contribution in [3.8, 4) is 0 Å². The number of halogens is 2. The van der Waals surface area contributed by atoms with E-state index in [1.54, 1.807) is 18.2 Å². The second-order valence-corrected chi connectivity index (χ2v) is 6.22. The van der Waals surface area contributed by atoms with E-state index in [1.165, 1.54) is 6.42 Å². The zero-order chi connectivity index (χ0) is 14.0. The van der Waals surface area contributed by atoms with Crippen molar-refractivity contribution in [1.29, 1.82) is 0 Å². The lowest BCUT2D eigenvalue weighted by molar-refractivity contribution is 0.0779. The smallest absolute Gasteiger partial charge is 0.178 e. The third kappa shape index (κ3) is 3.50. The van der Waals surface area contributed by atoms with E-state index in [-0.39, 0.29) is 5.78 Å². The number of carbonyl (C=O) groups is 1. The molecule has 0 saturated carbocycles. The number of nitrogens with zero attached hydrogens (tertiary/aromatic N) is 1. The molecule has 19 heavy (non-hydrogen) atoms. The van der Waals surface area contributed by atoms with Crippen LogP contribution in [0.1, 0.15) is 37.0 Å². The molecule has 2 rings (SSSR count). The van der Waals surface area contributed by atoms with E-state index in [4.69, 9.17) is 23.2 Å². The van der Waals surface area contributed by atoms with Crippen LogP contribution < -0.4 is 0 Å². The number of piperidine rings is 1. The number of carbonyl (C=O) groups excluding carboxylic acids is 1. The van der Waals surface area contributed by atoms with Gasteiger partial charge < -0.3 is 0 Å². The van der Waals surface area contributed by atoms with Crippen molar-refractivity contribution in [2.24, 2.45) is 5.92 Å². The van der Waals surface area contributed by atoms with Crippen LogP contribution in [0, 0.1) is 5.92 Å². The maximum Gasteiger partial charge on any atom is 0.178 e. The summed E-state index contributed by atoms with van der Waals surface area (Å²) in [7, 11) is 0. The van der Waals surface area contributed by atoms with Gasteiger partial charge in [-0.05, 0) is 50.4 Å². The minimum atomic E-state index is 0.0719. The van der Waals surface area contributed by atoms with Crippen LogP contribution in [-0.2, 0) is 0 Å². The van der Waals surface area contributed by atoms with Gasteiger partial charge in [-0.15, -0.1) is 0 Å². The topological polar surface area (TPSA) is 20.3 Å². The molecule has 104 valence electrons. The predicted octanol–water partition coefficient (Wildman–Crippen LogP) is 4.30. The monoisotopic (exact) mass is 299 g/mol. The van der Waals surface area contributed by atoms with Crippen molar-refractivity contribution in [2.45, 2.75) is 32.7 Å². The number of likely N-dealkylation sites (tertiary alicyclic amines) is 1. The van der Waals surface area contributed by atoms with Crippen molar-refractivity contribution in [1.82, 2.24) is 4.90 Å². The first-order valence-corrected chi connectivity index (χ1v) is 7.47. The van der Waals surface area contributed by atoms with Gasteiger partial charge in [0.15, 0.2) is 5.78 Å². The maximum absolute atomic E-state index is 12.3. The van der Waals surface area contributed by atoms with Crippen molar-refractivity contribution in [2.75, 3.05) is 13.1 Å². The zero-order valence-corrected chi connectivity index (χ0v) is 12.8. The summed E-state index contributed by atoms with van der Waals surface area (Å²) in [5.41, 5.74) is 0.566. The summed E-state index contributed by atoms with van der Waals surface area (Å²) in [4.78, 5) is 14.6. The molecule has 1 aromatic rings. The highest BCUT2D eigenvalue weighted by Crippen LogP contribution is 2.25. The molecule has 0 N–H and O–H groups in total. The lowest BCUT2D eigenvalue weighted by atomic mass is 9.91. The van der Waals surface area contributed by atoms with Gasteiger partial charge in [-0.3, -0.25) is 9.69 Å². The fraction of sp³-hybridized carbons (Fsp3) is 0.533. The molecule has 2 unspecified atom stereocenters. The Kier molecular flexibility index (Phi) is 4.88. The summed E-state index contributed by atoms with van der Waals surface area (Å²) in [6.45, 7) is 5.87. The van der Waals surface area contributed by atoms with E-state index in [9.17, 15) is 4.79 Å². The van der Waals surface area contributed by atoms with Crippen LogP contribution in [0.2, 0.25) is 10.0 Å². The van der Waals surface area contributed by atoms with Crippen LogP contribution in [0.25, 0.3) is 0 Å². The number of hydrogen-bond acceptors (Lipinski definition) is 2. The Bertz CT molecular complexity index is 475. The second-order valence-electron chi connectivity index (χ2n) is 5.38. The summed E-state index contributed by atoms with van der Waals surface area (Å²) in [5.74, 6) is 0.713. The van der Waals surface area contributed by atoms with E-state index in [0.29, 0.717) is 34.1 Å². The molecule has 0 spiro atoms. The number of rotatable bonds is 3. The average molecular weight is 300 g/mol. The molecule has 1 saturated heterocycles. The molecule has 2 nitrogen and oxygen atoms in total. The third-order valence-corrected chi connectivity index (χ3v) is 4.63. The summed E-state index contributed by atoms with van der Waals surface area (Å²) < 4.78 is 0. The van der Waals surface area contributed by atoms with Crippen molar-refractivity contribution >= 4 is 29.0 Å². The molecule has 0 amide bonds. The third-order valence-electron chi connectivity index (χ3n) is 4.08. The van der Waals surface area contributed by atoms with Gasteiger partial charge in [0.2, 0.25) is 0 Å². The average Bonchev–Trinajstić information content (AvgIpc) is 2.34. The minimum absolute atomic E-state index is 0.0719. The van der Waals surface area contributed by atoms with Crippen molar-refractivity contribution < 1.29 is 4.79 Å². The van der Waals surface area contributed by atoms with Crippen LogP contribution in [0.3, 0.4) is 0 Å². The maximum atomic E-state index is 12.3. The molecule has 1 aromatic carbocycles. The van der Waals surface area contributed by atoms with E-state index < -0.39 is 0 Å². The fourth-order valence-corrected chi connectivity index (χ4v) is 3.14. The van der Waals surface area contributed by atoms with Gasteiger partial charge in [-0.1, -0.05) is 30.1 Å². The molecule has 1 heterocycles. The molecule has 0 radical (unpaired) electrons. The largest absolute Gasteiger partial charge is 0.293 e. The SMILES string of the molecule is CC1CCCN(CC(=O)c2ccc(Cl)cc2Cl)C1C. The first kappa shape index (κ1) is 14.8. The summed E-state index contributed by atoms with van der Waals surface area (Å²) >= 11 is 11.9. The van der Waals surface area contributed by atoms with Gasteiger partial charge in [0.25, 0.3) is 0 Å². The Balaban J connectivity index is 2.08. The van der Waals surface area contributed by atoms with E-state index in [1.807, 2.05) is 0 Å². The second kappa shape index (κ2) is 6.25. The van der Waals surface area contributed by atoms with E-state index >= 15 is 0 Å². The van der Waals surface area contributed by atoms with E-state index in [2.05, 4.69) is 18.7 Å². The highest BCUT2D eigenvalue weighted by atomic mass is 35.5. The Hall–Kier alpha value is -0.570. The molecule has 1 aliphatic rings. The van der Waals surface area contributed by atoms with Gasteiger partial charge in [0.05, 0.1) is 11.6 Å². The summed E-state index contributed by atoms with van der Waals surface area (Å²) in [6, 6.07) is 5.50. The van der Waals surface area contributed by atoms with Gasteiger partial charge >= 0.3 is 0 Å². The van der Waals surface area contributed by atoms with Gasteiger partial charge in [0, 0.05) is 16.6 Å². The highest BCUT2D eigenvalue weighted by molar-refractivity contribution is 6.36. The van der Waals surface area contributed by atoms with Crippen LogP contribution in [0.15, 0.2) is 18.2 Å². The molecule has 2 atom stereocenters. The highest BCUT2D eigenvalue weighted by Gasteiger charge is 2.26. The Morgan fingerprint density at radius 3 is 2.79 bits per heavy atom. The van der Waals surface area contributed by atoms with E-state index in [0.717, 1.165) is 13.0 Å². The van der Waals surface area contributed by atoms with Gasteiger partial charge in [0.1, 0.15) is 0 Å². The van der Waals surface area contributed by atoms with Crippen LogP contribution in [0.5, 0.6) is 0 Å². The molecule has 1 fully saturated rings. The molecule has 0 bridgehead atoms. The summed E-state index contributed by atoms with van der Waals surface area (Å²) in [5, 5.41) is 0.997. The molecule has 4 heteroatoms.